The maximum Gasteiger partial charge on any atom is 0.175 e. The van der Waals surface area contributed by atoms with Gasteiger partial charge in [-0.05, 0) is 33.4 Å². The van der Waals surface area contributed by atoms with Crippen LogP contribution in [-0.4, -0.2) is 12.2 Å². The summed E-state index contributed by atoms with van der Waals surface area (Å²) < 4.78 is 6.89. The molecule has 0 saturated carbocycles. The predicted molar refractivity (Wildman–Crippen MR) is 57.7 cm³/mol. The van der Waals surface area contributed by atoms with Crippen LogP contribution < -0.4 is 4.74 Å². The molecule has 1 heterocycles. The van der Waals surface area contributed by atoms with E-state index in [1.165, 1.54) is 7.11 Å². The normalized spacial score (nSPS) is 10.6. The molecule has 0 fully saturated rings. The fourth-order valence-corrected chi connectivity index (χ4v) is 2.80. The van der Waals surface area contributed by atoms with Crippen LogP contribution in [0.3, 0.4) is 0 Å². The van der Waals surface area contributed by atoms with Crippen molar-refractivity contribution in [3.63, 3.8) is 0 Å². The molecule has 1 aromatic carbocycles. The number of phenolic OH excluding ortho intramolecular Hbond substituents is 1. The third-order valence-corrected chi connectivity index (χ3v) is 3.30. The van der Waals surface area contributed by atoms with Crippen LogP contribution in [0.2, 0.25) is 0 Å². The van der Waals surface area contributed by atoms with Crippen molar-refractivity contribution in [2.24, 2.45) is 0 Å². The summed E-state index contributed by atoms with van der Waals surface area (Å²) in [6.07, 6.45) is 0. The standard InChI is InChI=1S/C9H7BrO2S/c1-12-9-6(10)4-7-5(8(9)11)2-3-13-7/h2-4,11H,1H3. The van der Waals surface area contributed by atoms with Gasteiger partial charge in [0.1, 0.15) is 0 Å². The second kappa shape index (κ2) is 3.20. The number of rotatable bonds is 1. The summed E-state index contributed by atoms with van der Waals surface area (Å²) >= 11 is 4.92. The van der Waals surface area contributed by atoms with Gasteiger partial charge in [-0.25, -0.2) is 0 Å². The first-order valence-electron chi connectivity index (χ1n) is 3.66. The molecule has 2 nitrogen and oxygen atoms in total. The van der Waals surface area contributed by atoms with Crippen molar-refractivity contribution >= 4 is 37.4 Å². The van der Waals surface area contributed by atoms with Crippen molar-refractivity contribution in [1.29, 1.82) is 0 Å². The molecule has 0 saturated heterocycles. The van der Waals surface area contributed by atoms with Gasteiger partial charge in [0.25, 0.3) is 0 Å². The summed E-state index contributed by atoms with van der Waals surface area (Å²) in [4.78, 5) is 0. The highest BCUT2D eigenvalue weighted by atomic mass is 79.9. The fraction of sp³-hybridized carbons (Fsp3) is 0.111. The zero-order valence-corrected chi connectivity index (χ0v) is 9.28. The van der Waals surface area contributed by atoms with Crippen molar-refractivity contribution in [2.45, 2.75) is 0 Å². The minimum atomic E-state index is 0.202. The molecule has 1 N–H and O–H groups in total. The molecule has 1 aromatic heterocycles. The molecule has 0 aliphatic carbocycles. The van der Waals surface area contributed by atoms with Gasteiger partial charge in [0.2, 0.25) is 0 Å². The summed E-state index contributed by atoms with van der Waals surface area (Å²) in [6.45, 7) is 0. The second-order valence-electron chi connectivity index (χ2n) is 2.57. The minimum absolute atomic E-state index is 0.202. The maximum absolute atomic E-state index is 9.77. The number of hydrogen-bond acceptors (Lipinski definition) is 3. The zero-order valence-electron chi connectivity index (χ0n) is 6.87. The largest absolute Gasteiger partial charge is 0.504 e. The highest BCUT2D eigenvalue weighted by Crippen LogP contribution is 2.42. The second-order valence-corrected chi connectivity index (χ2v) is 4.37. The smallest absolute Gasteiger partial charge is 0.175 e. The lowest BCUT2D eigenvalue weighted by atomic mass is 10.2. The Bertz CT molecular complexity index is 450. The lowest BCUT2D eigenvalue weighted by Crippen LogP contribution is -1.84. The fourth-order valence-electron chi connectivity index (χ4n) is 1.24. The lowest BCUT2D eigenvalue weighted by molar-refractivity contribution is 0.374. The molecule has 0 aliphatic heterocycles. The van der Waals surface area contributed by atoms with E-state index in [-0.39, 0.29) is 5.75 Å². The molecule has 0 unspecified atom stereocenters. The Hall–Kier alpha value is -0.740. The molecule has 2 rings (SSSR count). The van der Waals surface area contributed by atoms with E-state index in [1.807, 2.05) is 17.5 Å². The average molecular weight is 259 g/mol. The summed E-state index contributed by atoms with van der Waals surface area (Å²) in [6, 6.07) is 3.82. The van der Waals surface area contributed by atoms with Gasteiger partial charge in [0.05, 0.1) is 11.6 Å². The number of hydrogen-bond donors (Lipinski definition) is 1. The number of benzene rings is 1. The van der Waals surface area contributed by atoms with Crippen molar-refractivity contribution in [3.05, 3.63) is 22.0 Å². The Morgan fingerprint density at radius 3 is 3.00 bits per heavy atom. The zero-order chi connectivity index (χ0) is 9.42. The lowest BCUT2D eigenvalue weighted by Gasteiger charge is -2.06. The molecule has 0 radical (unpaired) electrons. The van der Waals surface area contributed by atoms with E-state index in [0.717, 1.165) is 14.6 Å². The van der Waals surface area contributed by atoms with Gasteiger partial charge >= 0.3 is 0 Å². The van der Waals surface area contributed by atoms with Crippen LogP contribution in [-0.2, 0) is 0 Å². The minimum Gasteiger partial charge on any atom is -0.504 e. The van der Waals surface area contributed by atoms with Gasteiger partial charge in [-0.1, -0.05) is 0 Å². The first-order chi connectivity index (χ1) is 6.24. The molecule has 4 heteroatoms. The number of thiophene rings is 1. The summed E-state index contributed by atoms with van der Waals surface area (Å²) in [5, 5.41) is 12.5. The molecule has 0 atom stereocenters. The van der Waals surface area contributed by atoms with Gasteiger partial charge in [-0.3, -0.25) is 0 Å². The monoisotopic (exact) mass is 258 g/mol. The Morgan fingerprint density at radius 1 is 1.54 bits per heavy atom. The van der Waals surface area contributed by atoms with Crippen LogP contribution in [0.4, 0.5) is 0 Å². The highest BCUT2D eigenvalue weighted by Gasteiger charge is 2.11. The molecule has 0 aliphatic rings. The summed E-state index contributed by atoms with van der Waals surface area (Å²) in [5.74, 6) is 0.694. The maximum atomic E-state index is 9.77. The number of phenols is 1. The van der Waals surface area contributed by atoms with Crippen LogP contribution in [0.1, 0.15) is 0 Å². The third-order valence-electron chi connectivity index (χ3n) is 1.84. The first kappa shape index (κ1) is 8.84. The van der Waals surface area contributed by atoms with Crippen molar-refractivity contribution in [2.75, 3.05) is 7.11 Å². The van der Waals surface area contributed by atoms with Gasteiger partial charge < -0.3 is 9.84 Å². The Kier molecular flexibility index (Phi) is 2.17. The van der Waals surface area contributed by atoms with E-state index in [4.69, 9.17) is 4.74 Å². The molecule has 0 spiro atoms. The molecule has 0 amide bonds. The summed E-state index contributed by atoms with van der Waals surface area (Å²) in [7, 11) is 1.54. The molecule has 0 bridgehead atoms. The Balaban J connectivity index is 2.85. The molecular weight excluding hydrogens is 252 g/mol. The van der Waals surface area contributed by atoms with Crippen molar-refractivity contribution in [3.8, 4) is 11.5 Å². The number of aromatic hydroxyl groups is 1. The molecule has 2 aromatic rings. The van der Waals surface area contributed by atoms with Crippen LogP contribution in [0.25, 0.3) is 10.1 Å². The molecule has 68 valence electrons. The molecular formula is C9H7BrO2S. The van der Waals surface area contributed by atoms with E-state index in [9.17, 15) is 5.11 Å². The SMILES string of the molecule is COc1c(Br)cc2sccc2c1O. The van der Waals surface area contributed by atoms with Crippen LogP contribution in [0.5, 0.6) is 11.5 Å². The number of methoxy groups -OCH3 is 1. The van der Waals surface area contributed by atoms with Crippen molar-refractivity contribution < 1.29 is 9.84 Å². The summed E-state index contributed by atoms with van der Waals surface area (Å²) in [5.41, 5.74) is 0. The van der Waals surface area contributed by atoms with Gasteiger partial charge in [0.15, 0.2) is 11.5 Å². The third kappa shape index (κ3) is 1.30. The predicted octanol–water partition coefficient (Wildman–Crippen LogP) is 3.38. The topological polar surface area (TPSA) is 29.5 Å². The van der Waals surface area contributed by atoms with E-state index in [1.54, 1.807) is 11.3 Å². The van der Waals surface area contributed by atoms with Crippen LogP contribution in [0.15, 0.2) is 22.0 Å². The first-order valence-corrected chi connectivity index (χ1v) is 5.34. The van der Waals surface area contributed by atoms with E-state index < -0.39 is 0 Å². The average Bonchev–Trinajstić information content (AvgIpc) is 2.53. The molecule has 13 heavy (non-hydrogen) atoms. The number of halogens is 1. The van der Waals surface area contributed by atoms with Crippen LogP contribution in [0, 0.1) is 0 Å². The van der Waals surface area contributed by atoms with Gasteiger partial charge in [-0.2, -0.15) is 0 Å². The number of fused-ring (bicyclic) bond motifs is 1. The van der Waals surface area contributed by atoms with E-state index in [0.29, 0.717) is 5.75 Å². The Labute approximate surface area is 87.9 Å². The van der Waals surface area contributed by atoms with E-state index >= 15 is 0 Å². The van der Waals surface area contributed by atoms with Gasteiger partial charge in [0, 0.05) is 10.1 Å². The highest BCUT2D eigenvalue weighted by molar-refractivity contribution is 9.10. The number of ether oxygens (including phenoxy) is 1. The van der Waals surface area contributed by atoms with Crippen LogP contribution >= 0.6 is 27.3 Å². The quantitative estimate of drug-likeness (QED) is 0.850. The van der Waals surface area contributed by atoms with Crippen molar-refractivity contribution in [1.82, 2.24) is 0 Å². The van der Waals surface area contributed by atoms with Gasteiger partial charge in [-0.15, -0.1) is 11.3 Å². The van der Waals surface area contributed by atoms with E-state index in [2.05, 4.69) is 15.9 Å². The Morgan fingerprint density at radius 2 is 2.31 bits per heavy atom.